The Hall–Kier alpha value is -2.85. The van der Waals surface area contributed by atoms with Gasteiger partial charge >= 0.3 is 0 Å². The molecule has 33 heavy (non-hydrogen) atoms. The number of thiophene rings is 1. The average Bonchev–Trinajstić information content (AvgIpc) is 3.54. The molecule has 0 spiro atoms. The Kier molecular flexibility index (Phi) is 7.34. The molecule has 0 atom stereocenters. The van der Waals surface area contributed by atoms with Crippen molar-refractivity contribution in [2.75, 3.05) is 25.0 Å². The number of hydrogen-bond acceptors (Lipinski definition) is 6. The molecule has 0 aliphatic heterocycles. The minimum atomic E-state index is -3.72. The second-order valence-corrected chi connectivity index (χ2v) is 11.4. The summed E-state index contributed by atoms with van der Waals surface area (Å²) in [6, 6.07) is 22.9. The van der Waals surface area contributed by atoms with Crippen molar-refractivity contribution < 1.29 is 13.2 Å². The first-order valence-electron chi connectivity index (χ1n) is 10.3. The van der Waals surface area contributed by atoms with Crippen LogP contribution >= 0.6 is 22.7 Å². The normalized spacial score (nSPS) is 11.6. The predicted octanol–water partition coefficient (Wildman–Crippen LogP) is 4.77. The fourth-order valence-corrected chi connectivity index (χ4v) is 6.47. The van der Waals surface area contributed by atoms with E-state index in [-0.39, 0.29) is 16.7 Å². The number of nitrogens with zero attached hydrogens (tertiary/aromatic N) is 3. The third-order valence-corrected chi connectivity index (χ3v) is 9.12. The number of rotatable bonds is 9. The van der Waals surface area contributed by atoms with E-state index in [4.69, 9.17) is 4.98 Å². The molecule has 9 heteroatoms. The molecule has 0 saturated carbocycles. The largest absolute Gasteiger partial charge is 0.287 e. The summed E-state index contributed by atoms with van der Waals surface area (Å²) in [5.74, 6) is -0.317. The zero-order chi connectivity index (χ0) is 23.3. The molecule has 0 N–H and O–H groups in total. The number of amides is 1. The molecule has 1 amide bonds. The van der Waals surface area contributed by atoms with Crippen LogP contribution < -0.4 is 4.90 Å². The molecule has 0 saturated heterocycles. The van der Waals surface area contributed by atoms with E-state index in [1.165, 1.54) is 18.4 Å². The van der Waals surface area contributed by atoms with Crippen molar-refractivity contribution in [1.82, 2.24) is 9.29 Å². The van der Waals surface area contributed by atoms with Crippen LogP contribution in [0.5, 0.6) is 0 Å². The molecule has 0 aliphatic carbocycles. The van der Waals surface area contributed by atoms with Crippen LogP contribution in [-0.4, -0.2) is 43.8 Å². The van der Waals surface area contributed by atoms with Crippen molar-refractivity contribution in [3.05, 3.63) is 89.1 Å². The number of hydrogen-bond donors (Lipinski definition) is 0. The lowest BCUT2D eigenvalue weighted by atomic mass is 10.1. The van der Waals surface area contributed by atoms with Gasteiger partial charge in [0.05, 0.1) is 12.2 Å². The molecule has 170 valence electrons. The minimum absolute atomic E-state index is 0.217. The second kappa shape index (κ2) is 10.4. The highest BCUT2D eigenvalue weighted by atomic mass is 32.2. The summed E-state index contributed by atoms with van der Waals surface area (Å²) in [6.07, 6.45) is 0.633. The zero-order valence-corrected chi connectivity index (χ0v) is 20.4. The molecule has 0 aliphatic rings. The summed E-state index contributed by atoms with van der Waals surface area (Å²) >= 11 is 2.51. The summed E-state index contributed by atoms with van der Waals surface area (Å²) < 4.78 is 26.9. The molecule has 2 heterocycles. The highest BCUT2D eigenvalue weighted by molar-refractivity contribution is 7.91. The van der Waals surface area contributed by atoms with Gasteiger partial charge in [-0.2, -0.15) is 4.31 Å². The van der Waals surface area contributed by atoms with Gasteiger partial charge in [0.25, 0.3) is 10.0 Å². The molecule has 2 aromatic heterocycles. The van der Waals surface area contributed by atoms with Gasteiger partial charge in [-0.05, 0) is 23.4 Å². The number of anilines is 1. The Morgan fingerprint density at radius 3 is 2.30 bits per heavy atom. The first-order valence-corrected chi connectivity index (χ1v) is 13.5. The van der Waals surface area contributed by atoms with Gasteiger partial charge in [0, 0.05) is 24.5 Å². The topological polar surface area (TPSA) is 70.6 Å². The zero-order valence-electron chi connectivity index (χ0n) is 18.0. The van der Waals surface area contributed by atoms with Crippen molar-refractivity contribution in [3.8, 4) is 11.3 Å². The summed E-state index contributed by atoms with van der Waals surface area (Å²) in [4.78, 5) is 19.6. The van der Waals surface area contributed by atoms with Crippen LogP contribution in [0, 0.1) is 0 Å². The van der Waals surface area contributed by atoms with Gasteiger partial charge in [-0.1, -0.05) is 66.7 Å². The first kappa shape index (κ1) is 23.3. The van der Waals surface area contributed by atoms with Gasteiger partial charge in [0.2, 0.25) is 5.91 Å². The van der Waals surface area contributed by atoms with Crippen LogP contribution in [0.3, 0.4) is 0 Å². The lowest BCUT2D eigenvalue weighted by Crippen LogP contribution is -2.42. The fraction of sp³-hybridized carbons (Fsp3) is 0.167. The van der Waals surface area contributed by atoms with Gasteiger partial charge in [0.1, 0.15) is 4.21 Å². The fourth-order valence-electron chi connectivity index (χ4n) is 3.27. The standard InChI is InChI=1S/C24H23N3O3S3/c1-26(33(29,30)23-13-8-16-31-23)17-22(28)27(15-14-19-9-4-2-5-10-19)24-25-21(18-32-24)20-11-6-3-7-12-20/h2-13,16,18H,14-15,17H2,1H3. The Morgan fingerprint density at radius 1 is 0.939 bits per heavy atom. The highest BCUT2D eigenvalue weighted by Gasteiger charge is 2.27. The molecule has 6 nitrogen and oxygen atoms in total. The minimum Gasteiger partial charge on any atom is -0.287 e. The van der Waals surface area contributed by atoms with E-state index in [0.717, 1.165) is 32.5 Å². The van der Waals surface area contributed by atoms with E-state index in [9.17, 15) is 13.2 Å². The van der Waals surface area contributed by atoms with Gasteiger partial charge < -0.3 is 0 Å². The molecular weight excluding hydrogens is 474 g/mol. The maximum atomic E-state index is 13.3. The summed E-state index contributed by atoms with van der Waals surface area (Å²) in [5.41, 5.74) is 2.84. The third kappa shape index (κ3) is 5.56. The van der Waals surface area contributed by atoms with E-state index in [1.54, 1.807) is 22.4 Å². The molecule has 4 rings (SSSR count). The van der Waals surface area contributed by atoms with Crippen LogP contribution in [0.2, 0.25) is 0 Å². The summed E-state index contributed by atoms with van der Waals surface area (Å²) in [6.45, 7) is 0.132. The maximum Gasteiger partial charge on any atom is 0.252 e. The van der Waals surface area contributed by atoms with Crippen molar-refractivity contribution in [1.29, 1.82) is 0 Å². The van der Waals surface area contributed by atoms with Crippen LogP contribution in [-0.2, 0) is 21.2 Å². The van der Waals surface area contributed by atoms with Gasteiger partial charge in [-0.15, -0.1) is 22.7 Å². The summed E-state index contributed by atoms with van der Waals surface area (Å²) in [5, 5.41) is 4.17. The second-order valence-electron chi connectivity index (χ2n) is 7.36. The Balaban J connectivity index is 1.57. The third-order valence-electron chi connectivity index (χ3n) is 5.08. The number of sulfonamides is 1. The lowest BCUT2D eigenvalue weighted by Gasteiger charge is -2.23. The molecular formula is C24H23N3O3S3. The number of thiazole rings is 1. The molecule has 0 unspecified atom stereocenters. The molecule has 0 bridgehead atoms. The molecule has 2 aromatic carbocycles. The van der Waals surface area contributed by atoms with Crippen LogP contribution in [0.15, 0.2) is 87.8 Å². The number of carbonyl (C=O) groups is 1. The summed E-state index contributed by atoms with van der Waals surface area (Å²) in [7, 11) is -2.29. The monoisotopic (exact) mass is 497 g/mol. The number of aromatic nitrogens is 1. The van der Waals surface area contributed by atoms with Crippen LogP contribution in [0.1, 0.15) is 5.56 Å². The Bertz CT molecular complexity index is 1290. The predicted molar refractivity (Wildman–Crippen MR) is 134 cm³/mol. The van der Waals surface area contributed by atoms with E-state index in [1.807, 2.05) is 66.0 Å². The van der Waals surface area contributed by atoms with E-state index >= 15 is 0 Å². The van der Waals surface area contributed by atoms with E-state index in [0.29, 0.717) is 18.1 Å². The number of benzene rings is 2. The highest BCUT2D eigenvalue weighted by Crippen LogP contribution is 2.28. The van der Waals surface area contributed by atoms with Crippen molar-refractivity contribution in [2.24, 2.45) is 0 Å². The van der Waals surface area contributed by atoms with Crippen molar-refractivity contribution in [3.63, 3.8) is 0 Å². The van der Waals surface area contributed by atoms with Gasteiger partial charge in [-0.25, -0.2) is 13.4 Å². The van der Waals surface area contributed by atoms with Crippen molar-refractivity contribution >= 4 is 43.7 Å². The SMILES string of the molecule is CN(CC(=O)N(CCc1ccccc1)c1nc(-c2ccccc2)cs1)S(=O)(=O)c1cccs1. The number of carbonyl (C=O) groups excluding carboxylic acids is 1. The quantitative estimate of drug-likeness (QED) is 0.334. The van der Waals surface area contributed by atoms with Gasteiger partial charge in [-0.3, -0.25) is 9.69 Å². The number of likely N-dealkylation sites (N-methyl/N-ethyl adjacent to an activating group) is 1. The molecule has 0 radical (unpaired) electrons. The van der Waals surface area contributed by atoms with Gasteiger partial charge in [0.15, 0.2) is 5.13 Å². The van der Waals surface area contributed by atoms with E-state index in [2.05, 4.69) is 0 Å². The van der Waals surface area contributed by atoms with Crippen LogP contribution in [0.25, 0.3) is 11.3 Å². The smallest absolute Gasteiger partial charge is 0.252 e. The Labute approximate surface area is 201 Å². The molecule has 0 fully saturated rings. The molecule has 4 aromatic rings. The van der Waals surface area contributed by atoms with E-state index < -0.39 is 10.0 Å². The maximum absolute atomic E-state index is 13.3. The Morgan fingerprint density at radius 2 is 1.64 bits per heavy atom. The lowest BCUT2D eigenvalue weighted by molar-refractivity contribution is -0.118. The first-order chi connectivity index (χ1) is 15.9. The van der Waals surface area contributed by atoms with Crippen LogP contribution in [0.4, 0.5) is 5.13 Å². The van der Waals surface area contributed by atoms with Crippen molar-refractivity contribution in [2.45, 2.75) is 10.6 Å². The average molecular weight is 498 g/mol.